The van der Waals surface area contributed by atoms with Crippen LogP contribution in [-0.2, 0) is 0 Å². The lowest BCUT2D eigenvalue weighted by atomic mass is 9.84. The van der Waals surface area contributed by atoms with E-state index in [0.717, 1.165) is 23.0 Å². The number of piperidine rings is 3. The summed E-state index contributed by atoms with van der Waals surface area (Å²) >= 11 is 0. The van der Waals surface area contributed by atoms with Crippen molar-refractivity contribution < 1.29 is 0 Å². The molecule has 7 nitrogen and oxygen atoms in total. The fraction of sp³-hybridized carbons (Fsp3) is 0.389. The molecule has 1 unspecified atom stereocenters. The first-order valence-corrected chi connectivity index (χ1v) is 8.80. The minimum Gasteiger partial charge on any atom is -0.360 e. The summed E-state index contributed by atoms with van der Waals surface area (Å²) in [6, 6.07) is 8.20. The summed E-state index contributed by atoms with van der Waals surface area (Å²) in [6.45, 7) is 3.38. The molecular formula is C18H20N6O. The quantitative estimate of drug-likeness (QED) is 0.679. The Morgan fingerprint density at radius 1 is 1.16 bits per heavy atom. The average Bonchev–Trinajstić information content (AvgIpc) is 3.07. The molecule has 7 heteroatoms. The minimum atomic E-state index is -0.219. The first-order valence-electron chi connectivity index (χ1n) is 8.80. The van der Waals surface area contributed by atoms with E-state index in [0.29, 0.717) is 23.6 Å². The van der Waals surface area contributed by atoms with E-state index in [4.69, 9.17) is 0 Å². The molecule has 3 aromatic rings. The largest absolute Gasteiger partial charge is 0.360 e. The molecule has 3 N–H and O–H groups in total. The lowest BCUT2D eigenvalue weighted by Gasteiger charge is -2.44. The number of fused-ring (bicyclic) bond motifs is 4. The number of hydrogen-bond acceptors (Lipinski definition) is 5. The number of hydrogen-bond donors (Lipinski definition) is 3. The third kappa shape index (κ3) is 2.51. The molecule has 0 saturated carbocycles. The molecule has 25 heavy (non-hydrogen) atoms. The zero-order chi connectivity index (χ0) is 16.8. The second kappa shape index (κ2) is 5.70. The monoisotopic (exact) mass is 336 g/mol. The number of H-pyrrole nitrogens is 2. The van der Waals surface area contributed by atoms with E-state index in [-0.39, 0.29) is 5.56 Å². The van der Waals surface area contributed by atoms with Crippen molar-refractivity contribution >= 4 is 16.9 Å². The molecule has 0 amide bonds. The molecule has 0 spiro atoms. The molecule has 5 heterocycles. The highest BCUT2D eigenvalue weighted by molar-refractivity contribution is 5.94. The van der Waals surface area contributed by atoms with E-state index >= 15 is 0 Å². The molecule has 3 aliphatic rings. The van der Waals surface area contributed by atoms with Crippen LogP contribution in [0.4, 0.5) is 5.95 Å². The van der Waals surface area contributed by atoms with Crippen molar-refractivity contribution in [3.05, 3.63) is 40.8 Å². The molecule has 128 valence electrons. The van der Waals surface area contributed by atoms with Crippen LogP contribution in [0.5, 0.6) is 0 Å². The minimum absolute atomic E-state index is 0.219. The Bertz CT molecular complexity index is 969. The Hall–Kier alpha value is -2.67. The molecule has 1 atom stereocenters. The number of anilines is 1. The molecule has 2 bridgehead atoms. The van der Waals surface area contributed by atoms with Gasteiger partial charge in [0.2, 0.25) is 5.95 Å². The summed E-state index contributed by atoms with van der Waals surface area (Å²) < 4.78 is 0. The lowest BCUT2D eigenvalue weighted by molar-refractivity contribution is 0.0971. The fourth-order valence-corrected chi connectivity index (χ4v) is 4.15. The molecule has 6 rings (SSSR count). The van der Waals surface area contributed by atoms with Crippen LogP contribution in [0, 0.1) is 5.92 Å². The highest BCUT2D eigenvalue weighted by atomic mass is 16.1. The zero-order valence-electron chi connectivity index (χ0n) is 13.8. The maximum Gasteiger partial charge on any atom is 0.279 e. The van der Waals surface area contributed by atoms with E-state index in [9.17, 15) is 4.79 Å². The van der Waals surface area contributed by atoms with Gasteiger partial charge < -0.3 is 15.2 Å². The van der Waals surface area contributed by atoms with Crippen LogP contribution in [0.1, 0.15) is 12.8 Å². The topological polar surface area (TPSA) is 89.7 Å². The van der Waals surface area contributed by atoms with Gasteiger partial charge in [0.25, 0.3) is 5.56 Å². The predicted octanol–water partition coefficient (Wildman–Crippen LogP) is 1.82. The second-order valence-corrected chi connectivity index (χ2v) is 6.99. The van der Waals surface area contributed by atoms with Gasteiger partial charge in [-0.1, -0.05) is 18.2 Å². The van der Waals surface area contributed by atoms with Crippen molar-refractivity contribution in [1.29, 1.82) is 0 Å². The molecule has 0 aliphatic carbocycles. The third-order valence-corrected chi connectivity index (χ3v) is 5.52. The van der Waals surface area contributed by atoms with Gasteiger partial charge in [0, 0.05) is 35.2 Å². The smallest absolute Gasteiger partial charge is 0.279 e. The fourth-order valence-electron chi connectivity index (χ4n) is 4.15. The molecule has 0 radical (unpaired) electrons. The third-order valence-electron chi connectivity index (χ3n) is 5.52. The second-order valence-electron chi connectivity index (χ2n) is 6.99. The number of aromatic amines is 2. The van der Waals surface area contributed by atoms with Gasteiger partial charge in [-0.3, -0.25) is 9.78 Å². The van der Waals surface area contributed by atoms with Crippen LogP contribution < -0.4 is 10.9 Å². The summed E-state index contributed by atoms with van der Waals surface area (Å²) in [5.41, 5.74) is 1.88. The van der Waals surface area contributed by atoms with E-state index in [1.165, 1.54) is 25.9 Å². The van der Waals surface area contributed by atoms with Gasteiger partial charge in [-0.15, -0.1) is 10.2 Å². The molecule has 2 aromatic heterocycles. The Morgan fingerprint density at radius 2 is 2.00 bits per heavy atom. The van der Waals surface area contributed by atoms with Gasteiger partial charge in [-0.25, -0.2) is 0 Å². The maximum atomic E-state index is 12.6. The Morgan fingerprint density at radius 3 is 2.76 bits per heavy atom. The van der Waals surface area contributed by atoms with Crippen molar-refractivity contribution in [3.63, 3.8) is 0 Å². The number of para-hydroxylation sites is 1. The van der Waals surface area contributed by atoms with Gasteiger partial charge in [-0.05, 0) is 37.9 Å². The van der Waals surface area contributed by atoms with E-state index in [2.05, 4.69) is 30.4 Å². The maximum absolute atomic E-state index is 12.6. The predicted molar refractivity (Wildman–Crippen MR) is 96.5 cm³/mol. The standard InChI is InChI=1S/C18H20N6O/c25-17-16(13-9-19-14-4-2-1-3-12(13)14)22-23-18(21-17)20-15-10-24-7-5-11(15)6-8-24/h1-4,9,11,15,19H,5-8,10H2,(H2,20,21,23,25). The summed E-state index contributed by atoms with van der Waals surface area (Å²) in [5.74, 6) is 1.12. The number of rotatable bonds is 3. The van der Waals surface area contributed by atoms with Crippen LogP contribution in [0.2, 0.25) is 0 Å². The van der Waals surface area contributed by atoms with Crippen molar-refractivity contribution in [1.82, 2.24) is 25.1 Å². The number of nitrogens with one attached hydrogen (secondary N) is 3. The van der Waals surface area contributed by atoms with E-state index in [1.807, 2.05) is 30.5 Å². The van der Waals surface area contributed by atoms with Gasteiger partial charge in [0.15, 0.2) is 5.69 Å². The SMILES string of the molecule is O=c1[nH]c(NC2CN3CCC2CC3)nnc1-c1c[nH]c2ccccc12. The Kier molecular flexibility index (Phi) is 3.34. The lowest BCUT2D eigenvalue weighted by Crippen LogP contribution is -2.53. The van der Waals surface area contributed by atoms with Gasteiger partial charge in [-0.2, -0.15) is 0 Å². The van der Waals surface area contributed by atoms with E-state index in [1.54, 1.807) is 0 Å². The van der Waals surface area contributed by atoms with Gasteiger partial charge >= 0.3 is 0 Å². The van der Waals surface area contributed by atoms with Crippen molar-refractivity contribution in [3.8, 4) is 11.3 Å². The van der Waals surface area contributed by atoms with Crippen LogP contribution >= 0.6 is 0 Å². The highest BCUT2D eigenvalue weighted by Crippen LogP contribution is 2.29. The zero-order valence-corrected chi connectivity index (χ0v) is 13.8. The van der Waals surface area contributed by atoms with Crippen LogP contribution in [0.25, 0.3) is 22.2 Å². The van der Waals surface area contributed by atoms with Crippen LogP contribution in [0.3, 0.4) is 0 Å². The van der Waals surface area contributed by atoms with Crippen LogP contribution in [0.15, 0.2) is 35.3 Å². The average molecular weight is 336 g/mol. The number of benzene rings is 1. The normalized spacial score (nSPS) is 25.4. The van der Waals surface area contributed by atoms with Crippen molar-refractivity contribution in [2.75, 3.05) is 25.0 Å². The first-order chi connectivity index (χ1) is 12.3. The highest BCUT2D eigenvalue weighted by Gasteiger charge is 2.34. The molecule has 1 aromatic carbocycles. The van der Waals surface area contributed by atoms with Crippen LogP contribution in [-0.4, -0.2) is 50.7 Å². The molecule has 3 saturated heterocycles. The Balaban J connectivity index is 1.44. The van der Waals surface area contributed by atoms with E-state index < -0.39 is 0 Å². The number of aromatic nitrogens is 4. The Labute approximate surface area is 144 Å². The van der Waals surface area contributed by atoms with Gasteiger partial charge in [0.1, 0.15) is 0 Å². The summed E-state index contributed by atoms with van der Waals surface area (Å²) in [5, 5.41) is 12.8. The van der Waals surface area contributed by atoms with Gasteiger partial charge in [0.05, 0.1) is 0 Å². The van der Waals surface area contributed by atoms with Crippen molar-refractivity contribution in [2.24, 2.45) is 5.92 Å². The summed E-state index contributed by atoms with van der Waals surface area (Å²) in [6.07, 6.45) is 4.23. The number of nitrogens with zero attached hydrogens (tertiary/aromatic N) is 3. The summed E-state index contributed by atoms with van der Waals surface area (Å²) in [7, 11) is 0. The molecular weight excluding hydrogens is 316 g/mol. The first kappa shape index (κ1) is 14.7. The molecule has 3 fully saturated rings. The molecule has 3 aliphatic heterocycles. The summed E-state index contributed by atoms with van der Waals surface area (Å²) in [4.78, 5) is 21.1. The van der Waals surface area contributed by atoms with Crippen molar-refractivity contribution in [2.45, 2.75) is 18.9 Å².